The number of carbonyl (C=O) groups is 1. The van der Waals surface area contributed by atoms with Crippen molar-refractivity contribution in [3.05, 3.63) is 29.1 Å². The van der Waals surface area contributed by atoms with Crippen LogP contribution in [0.15, 0.2) is 12.1 Å². The third-order valence-corrected chi connectivity index (χ3v) is 6.79. The van der Waals surface area contributed by atoms with E-state index in [1.807, 2.05) is 0 Å². The van der Waals surface area contributed by atoms with Crippen LogP contribution in [-0.2, 0) is 17.6 Å². The molecule has 1 aliphatic carbocycles. The summed E-state index contributed by atoms with van der Waals surface area (Å²) in [5, 5.41) is 8.92. The van der Waals surface area contributed by atoms with Crippen LogP contribution in [0, 0.1) is 5.92 Å². The number of fused-ring (bicyclic) bond motifs is 1. The van der Waals surface area contributed by atoms with Crippen LogP contribution in [-0.4, -0.2) is 65.1 Å². The normalized spacial score (nSPS) is 23.3. The zero-order valence-electron chi connectivity index (χ0n) is 16.4. The highest BCUT2D eigenvalue weighted by atomic mass is 16.4. The van der Waals surface area contributed by atoms with Crippen LogP contribution in [0.4, 0.5) is 0 Å². The van der Waals surface area contributed by atoms with Gasteiger partial charge in [-0.1, -0.05) is 6.07 Å². The summed E-state index contributed by atoms with van der Waals surface area (Å²) in [5.41, 5.74) is 4.18. The van der Waals surface area contributed by atoms with Gasteiger partial charge in [0.05, 0.1) is 6.54 Å². The predicted molar refractivity (Wildman–Crippen MR) is 106 cm³/mol. The number of pyridine rings is 1. The van der Waals surface area contributed by atoms with E-state index < -0.39 is 5.97 Å². The van der Waals surface area contributed by atoms with Crippen molar-refractivity contribution in [2.45, 2.75) is 57.3 Å². The van der Waals surface area contributed by atoms with E-state index in [4.69, 9.17) is 10.1 Å². The lowest BCUT2D eigenvalue weighted by atomic mass is 9.89. The Labute approximate surface area is 162 Å². The van der Waals surface area contributed by atoms with Crippen molar-refractivity contribution in [2.24, 2.45) is 5.92 Å². The van der Waals surface area contributed by atoms with Crippen molar-refractivity contribution in [3.63, 3.8) is 0 Å². The minimum absolute atomic E-state index is 0.200. The third kappa shape index (κ3) is 4.88. The molecule has 2 fully saturated rings. The molecule has 1 aromatic heterocycles. The Kier molecular flexibility index (Phi) is 6.08. The van der Waals surface area contributed by atoms with Gasteiger partial charge in [0, 0.05) is 23.9 Å². The number of aryl methyl sites for hydroxylation is 2. The van der Waals surface area contributed by atoms with Crippen LogP contribution in [0.2, 0.25) is 0 Å². The lowest BCUT2D eigenvalue weighted by Gasteiger charge is -2.37. The first kappa shape index (κ1) is 18.9. The molecule has 5 heteroatoms. The van der Waals surface area contributed by atoms with E-state index in [2.05, 4.69) is 21.9 Å². The van der Waals surface area contributed by atoms with Gasteiger partial charge in [0.15, 0.2) is 0 Å². The molecule has 3 heterocycles. The zero-order chi connectivity index (χ0) is 18.6. The maximum Gasteiger partial charge on any atom is 0.317 e. The molecular formula is C22H33N3O2. The number of hydrogen-bond acceptors (Lipinski definition) is 4. The van der Waals surface area contributed by atoms with Gasteiger partial charge in [-0.15, -0.1) is 0 Å². The second kappa shape index (κ2) is 8.70. The summed E-state index contributed by atoms with van der Waals surface area (Å²) in [7, 11) is 0. The molecule has 0 unspecified atom stereocenters. The maximum absolute atomic E-state index is 10.8. The lowest BCUT2D eigenvalue weighted by Crippen LogP contribution is -2.42. The van der Waals surface area contributed by atoms with Gasteiger partial charge in [-0.2, -0.15) is 0 Å². The van der Waals surface area contributed by atoms with Crippen LogP contribution < -0.4 is 0 Å². The van der Waals surface area contributed by atoms with Crippen molar-refractivity contribution in [3.8, 4) is 0 Å². The molecule has 1 aromatic rings. The van der Waals surface area contributed by atoms with E-state index in [9.17, 15) is 4.79 Å². The van der Waals surface area contributed by atoms with Crippen LogP contribution in [0.3, 0.4) is 0 Å². The van der Waals surface area contributed by atoms with Gasteiger partial charge in [0.25, 0.3) is 0 Å². The maximum atomic E-state index is 10.8. The molecule has 4 rings (SSSR count). The number of rotatable bonds is 5. The number of carboxylic acid groups (broad SMARTS) is 1. The van der Waals surface area contributed by atoms with E-state index in [1.165, 1.54) is 75.1 Å². The summed E-state index contributed by atoms with van der Waals surface area (Å²) in [6, 6.07) is 4.64. The number of likely N-dealkylation sites (tertiary alicyclic amines) is 2. The smallest absolute Gasteiger partial charge is 0.317 e. The molecule has 2 saturated heterocycles. The molecule has 0 saturated carbocycles. The summed E-state index contributed by atoms with van der Waals surface area (Å²) in [5.74, 6) is 0.658. The molecule has 148 valence electrons. The number of nitrogens with zero attached hydrogens (tertiary/aromatic N) is 3. The second-order valence-corrected chi connectivity index (χ2v) is 8.74. The number of aromatic nitrogens is 1. The van der Waals surface area contributed by atoms with Gasteiger partial charge >= 0.3 is 5.97 Å². The first-order chi connectivity index (χ1) is 13.2. The fraction of sp³-hybridized carbons (Fsp3) is 0.727. The Morgan fingerprint density at radius 1 is 1.00 bits per heavy atom. The average molecular weight is 372 g/mol. The van der Waals surface area contributed by atoms with E-state index in [-0.39, 0.29) is 6.54 Å². The fourth-order valence-corrected chi connectivity index (χ4v) is 5.12. The highest BCUT2D eigenvalue weighted by Crippen LogP contribution is 2.30. The van der Waals surface area contributed by atoms with E-state index >= 15 is 0 Å². The van der Waals surface area contributed by atoms with Crippen LogP contribution in [0.25, 0.3) is 0 Å². The number of carboxylic acids is 1. The standard InChI is InChI=1S/C22H33N3O2/c26-22(27)16-25-11-7-17(8-12-25)15-24-13-9-19(10-14-24)21-6-5-18-3-1-2-4-20(18)23-21/h5-6,17,19H,1-4,7-16H2,(H,26,27). The van der Waals surface area contributed by atoms with Crippen molar-refractivity contribution in [1.82, 2.24) is 14.8 Å². The van der Waals surface area contributed by atoms with Gasteiger partial charge in [0.2, 0.25) is 0 Å². The summed E-state index contributed by atoms with van der Waals surface area (Å²) in [6.45, 7) is 5.62. The molecule has 5 nitrogen and oxygen atoms in total. The summed E-state index contributed by atoms with van der Waals surface area (Å²) in [4.78, 5) is 20.6. The first-order valence-electron chi connectivity index (χ1n) is 10.8. The van der Waals surface area contributed by atoms with E-state index in [0.717, 1.165) is 31.8 Å². The molecule has 1 N–H and O–H groups in total. The molecule has 0 aromatic carbocycles. The van der Waals surface area contributed by atoms with E-state index in [1.54, 1.807) is 0 Å². The van der Waals surface area contributed by atoms with Gasteiger partial charge < -0.3 is 10.0 Å². The highest BCUT2D eigenvalue weighted by Gasteiger charge is 2.26. The molecule has 27 heavy (non-hydrogen) atoms. The van der Waals surface area contributed by atoms with Gasteiger partial charge in [-0.3, -0.25) is 14.7 Å². The number of hydrogen-bond donors (Lipinski definition) is 1. The molecule has 2 aliphatic heterocycles. The summed E-state index contributed by atoms with van der Waals surface area (Å²) in [6.07, 6.45) is 9.73. The molecule has 0 spiro atoms. The van der Waals surface area contributed by atoms with Gasteiger partial charge in [-0.25, -0.2) is 0 Å². The fourth-order valence-electron chi connectivity index (χ4n) is 5.12. The topological polar surface area (TPSA) is 56.7 Å². The molecule has 0 bridgehead atoms. The SMILES string of the molecule is O=C(O)CN1CCC(CN2CCC(c3ccc4c(n3)CCCC4)CC2)CC1. The van der Waals surface area contributed by atoms with Crippen LogP contribution >= 0.6 is 0 Å². The lowest BCUT2D eigenvalue weighted by molar-refractivity contribution is -0.138. The predicted octanol–water partition coefficient (Wildman–Crippen LogP) is 2.94. The Morgan fingerprint density at radius 3 is 2.44 bits per heavy atom. The summed E-state index contributed by atoms with van der Waals surface area (Å²) >= 11 is 0. The largest absolute Gasteiger partial charge is 0.480 e. The minimum atomic E-state index is -0.702. The molecule has 0 amide bonds. The van der Waals surface area contributed by atoms with Crippen molar-refractivity contribution in [1.29, 1.82) is 0 Å². The average Bonchev–Trinajstić information content (AvgIpc) is 2.69. The number of aliphatic carboxylic acids is 1. The van der Waals surface area contributed by atoms with Crippen LogP contribution in [0.1, 0.15) is 61.4 Å². The summed E-state index contributed by atoms with van der Waals surface area (Å²) < 4.78 is 0. The Hall–Kier alpha value is -1.46. The van der Waals surface area contributed by atoms with Crippen molar-refractivity contribution >= 4 is 5.97 Å². The Balaban J connectivity index is 1.23. The van der Waals surface area contributed by atoms with E-state index in [0.29, 0.717) is 5.92 Å². The Bertz CT molecular complexity index is 647. The first-order valence-corrected chi connectivity index (χ1v) is 10.8. The quantitative estimate of drug-likeness (QED) is 0.862. The highest BCUT2D eigenvalue weighted by molar-refractivity contribution is 5.69. The monoisotopic (exact) mass is 371 g/mol. The zero-order valence-corrected chi connectivity index (χ0v) is 16.4. The molecule has 0 atom stereocenters. The minimum Gasteiger partial charge on any atom is -0.480 e. The van der Waals surface area contributed by atoms with Crippen LogP contribution in [0.5, 0.6) is 0 Å². The molecular weight excluding hydrogens is 338 g/mol. The number of piperidine rings is 2. The van der Waals surface area contributed by atoms with Crippen molar-refractivity contribution < 1.29 is 9.90 Å². The second-order valence-electron chi connectivity index (χ2n) is 8.74. The van der Waals surface area contributed by atoms with Gasteiger partial charge in [-0.05, 0) is 95.1 Å². The third-order valence-electron chi connectivity index (χ3n) is 6.79. The molecule has 3 aliphatic rings. The Morgan fingerprint density at radius 2 is 1.70 bits per heavy atom. The molecule has 0 radical (unpaired) electrons. The van der Waals surface area contributed by atoms with Gasteiger partial charge in [0.1, 0.15) is 0 Å². The van der Waals surface area contributed by atoms with Crippen molar-refractivity contribution in [2.75, 3.05) is 39.3 Å².